The zero-order chi connectivity index (χ0) is 18.2. The van der Waals surface area contributed by atoms with Crippen molar-refractivity contribution in [1.29, 1.82) is 0 Å². The van der Waals surface area contributed by atoms with E-state index in [2.05, 4.69) is 45.5 Å². The van der Waals surface area contributed by atoms with Crippen LogP contribution < -0.4 is 5.32 Å². The number of hydrogen-bond donors (Lipinski definition) is 1. The molecule has 1 aromatic heterocycles. The number of hydrogen-bond acceptors (Lipinski definition) is 4. The highest BCUT2D eigenvalue weighted by atomic mass is 32.1. The molecule has 5 heteroatoms. The van der Waals surface area contributed by atoms with Crippen LogP contribution in [-0.4, -0.2) is 35.4 Å². The lowest BCUT2D eigenvalue weighted by molar-refractivity contribution is -0.121. The van der Waals surface area contributed by atoms with Crippen molar-refractivity contribution >= 4 is 17.2 Å². The molecule has 4 nitrogen and oxygen atoms in total. The van der Waals surface area contributed by atoms with Crippen LogP contribution in [0.4, 0.5) is 0 Å². The van der Waals surface area contributed by atoms with Crippen molar-refractivity contribution in [1.82, 2.24) is 15.2 Å². The summed E-state index contributed by atoms with van der Waals surface area (Å²) in [5.74, 6) is 0.133. The number of benzene rings is 1. The molecule has 26 heavy (non-hydrogen) atoms. The van der Waals surface area contributed by atoms with Gasteiger partial charge in [0.2, 0.25) is 5.91 Å². The van der Waals surface area contributed by atoms with Crippen molar-refractivity contribution in [3.05, 3.63) is 52.0 Å². The number of carbonyl (C=O) groups excluding carboxylic acids is 1. The Morgan fingerprint density at radius 2 is 1.92 bits per heavy atom. The molecular formula is C21H29N3OS. The van der Waals surface area contributed by atoms with Gasteiger partial charge in [-0.25, -0.2) is 4.98 Å². The third-order valence-electron chi connectivity index (χ3n) is 5.18. The fourth-order valence-electron chi connectivity index (χ4n) is 3.63. The number of nitrogens with zero attached hydrogens (tertiary/aromatic N) is 2. The van der Waals surface area contributed by atoms with Gasteiger partial charge >= 0.3 is 0 Å². The minimum absolute atomic E-state index is 0.133. The fourth-order valence-corrected chi connectivity index (χ4v) is 4.41. The number of aryl methyl sites for hydroxylation is 2. The minimum Gasteiger partial charge on any atom is -0.354 e. The van der Waals surface area contributed by atoms with Crippen molar-refractivity contribution in [2.24, 2.45) is 0 Å². The van der Waals surface area contributed by atoms with Crippen LogP contribution in [-0.2, 0) is 11.2 Å². The smallest absolute Gasteiger partial charge is 0.220 e. The predicted octanol–water partition coefficient (Wildman–Crippen LogP) is 4.12. The van der Waals surface area contributed by atoms with Crippen molar-refractivity contribution < 1.29 is 4.79 Å². The lowest BCUT2D eigenvalue weighted by Gasteiger charge is -2.31. The molecule has 1 N–H and O–H groups in total. The molecule has 1 amide bonds. The maximum Gasteiger partial charge on any atom is 0.220 e. The summed E-state index contributed by atoms with van der Waals surface area (Å²) < 4.78 is 0. The zero-order valence-corrected chi connectivity index (χ0v) is 16.4. The van der Waals surface area contributed by atoms with E-state index >= 15 is 0 Å². The quantitative estimate of drug-likeness (QED) is 0.796. The first kappa shape index (κ1) is 19.1. The second-order valence-electron chi connectivity index (χ2n) is 7.04. The Hall–Kier alpha value is -1.72. The highest BCUT2D eigenvalue weighted by Gasteiger charge is 2.22. The van der Waals surface area contributed by atoms with E-state index in [1.165, 1.54) is 36.1 Å². The molecule has 3 rings (SSSR count). The second-order valence-corrected chi connectivity index (χ2v) is 7.98. The van der Waals surface area contributed by atoms with Gasteiger partial charge in [-0.1, -0.05) is 43.2 Å². The summed E-state index contributed by atoms with van der Waals surface area (Å²) in [7, 11) is 0. The highest BCUT2D eigenvalue weighted by molar-refractivity contribution is 7.09. The minimum atomic E-state index is 0.133. The first-order chi connectivity index (χ1) is 12.7. The molecule has 2 heterocycles. The summed E-state index contributed by atoms with van der Waals surface area (Å²) in [4.78, 5) is 20.4. The number of amides is 1. The van der Waals surface area contributed by atoms with Gasteiger partial charge < -0.3 is 5.32 Å². The van der Waals surface area contributed by atoms with Crippen molar-refractivity contribution in [3.63, 3.8) is 0 Å². The largest absolute Gasteiger partial charge is 0.354 e. The summed E-state index contributed by atoms with van der Waals surface area (Å²) in [6.07, 6.45) is 6.45. The molecule has 0 aliphatic carbocycles. The van der Waals surface area contributed by atoms with Crippen LogP contribution in [0.2, 0.25) is 0 Å². The third-order valence-corrected chi connectivity index (χ3v) is 6.18. The van der Waals surface area contributed by atoms with Crippen LogP contribution in [0.1, 0.15) is 54.3 Å². The highest BCUT2D eigenvalue weighted by Crippen LogP contribution is 2.24. The average molecular weight is 372 g/mol. The predicted molar refractivity (Wildman–Crippen MR) is 107 cm³/mol. The van der Waals surface area contributed by atoms with Crippen LogP contribution in [0.5, 0.6) is 0 Å². The SMILES string of the molecule is Cc1ncsc1CCC(=O)NC[C@H](c1ccccc1)N1CCCCCC1. The maximum absolute atomic E-state index is 12.4. The van der Waals surface area contributed by atoms with Crippen LogP contribution in [0, 0.1) is 6.92 Å². The first-order valence-corrected chi connectivity index (χ1v) is 10.6. The molecule has 1 atom stereocenters. The lowest BCUT2D eigenvalue weighted by atomic mass is 10.0. The Bertz CT molecular complexity index is 678. The van der Waals surface area contributed by atoms with E-state index in [4.69, 9.17) is 0 Å². The van der Waals surface area contributed by atoms with Crippen LogP contribution >= 0.6 is 11.3 Å². The van der Waals surface area contributed by atoms with Crippen molar-refractivity contribution in [2.45, 2.75) is 51.5 Å². The van der Waals surface area contributed by atoms with Crippen molar-refractivity contribution in [2.75, 3.05) is 19.6 Å². The normalized spacial score (nSPS) is 16.8. The van der Waals surface area contributed by atoms with Gasteiger partial charge in [-0.05, 0) is 44.8 Å². The summed E-state index contributed by atoms with van der Waals surface area (Å²) >= 11 is 1.64. The molecule has 1 aromatic carbocycles. The molecule has 140 valence electrons. The zero-order valence-electron chi connectivity index (χ0n) is 15.6. The number of nitrogens with one attached hydrogen (secondary N) is 1. The molecule has 1 aliphatic heterocycles. The van der Waals surface area contributed by atoms with E-state index in [1.54, 1.807) is 11.3 Å². The summed E-state index contributed by atoms with van der Waals surface area (Å²) in [6, 6.07) is 10.9. The van der Waals surface area contributed by atoms with E-state index in [-0.39, 0.29) is 11.9 Å². The van der Waals surface area contributed by atoms with E-state index < -0.39 is 0 Å². The third kappa shape index (κ3) is 5.39. The first-order valence-electron chi connectivity index (χ1n) is 9.68. The van der Waals surface area contributed by atoms with E-state index in [0.29, 0.717) is 13.0 Å². The van der Waals surface area contributed by atoms with Gasteiger partial charge in [0, 0.05) is 17.8 Å². The lowest BCUT2D eigenvalue weighted by Crippen LogP contribution is -2.38. The number of likely N-dealkylation sites (tertiary alicyclic amines) is 1. The topological polar surface area (TPSA) is 45.2 Å². The van der Waals surface area contributed by atoms with Gasteiger partial charge in [0.15, 0.2) is 0 Å². The summed E-state index contributed by atoms with van der Waals surface area (Å²) in [5.41, 5.74) is 4.20. The molecule has 1 fully saturated rings. The Labute approximate surface area is 160 Å². The Balaban J connectivity index is 1.58. The standard InChI is InChI=1S/C21H29N3OS/c1-17-20(26-16-23-17)11-12-21(25)22-15-19(18-9-5-4-6-10-18)24-13-7-2-3-8-14-24/h4-6,9-10,16,19H,2-3,7-8,11-15H2,1H3,(H,22,25)/t19-/m1/s1. The van der Waals surface area contributed by atoms with Crippen LogP contribution in [0.3, 0.4) is 0 Å². The van der Waals surface area contributed by atoms with Gasteiger partial charge in [0.1, 0.15) is 0 Å². The van der Waals surface area contributed by atoms with Gasteiger partial charge in [-0.15, -0.1) is 11.3 Å². The van der Waals surface area contributed by atoms with E-state index in [9.17, 15) is 4.79 Å². The van der Waals surface area contributed by atoms with Crippen molar-refractivity contribution in [3.8, 4) is 0 Å². The molecule has 0 bridgehead atoms. The Kier molecular flexibility index (Phi) is 7.21. The average Bonchev–Trinajstić information content (AvgIpc) is 2.90. The van der Waals surface area contributed by atoms with E-state index in [1.807, 2.05) is 12.4 Å². The molecule has 0 spiro atoms. The van der Waals surface area contributed by atoms with Crippen LogP contribution in [0.15, 0.2) is 35.8 Å². The molecular weight excluding hydrogens is 342 g/mol. The van der Waals surface area contributed by atoms with Gasteiger partial charge in [-0.3, -0.25) is 9.69 Å². The number of aromatic nitrogens is 1. The molecule has 0 radical (unpaired) electrons. The van der Waals surface area contributed by atoms with E-state index in [0.717, 1.165) is 25.2 Å². The summed E-state index contributed by atoms with van der Waals surface area (Å²) in [5, 5.41) is 3.18. The number of rotatable bonds is 7. The number of thiazole rings is 1. The summed E-state index contributed by atoms with van der Waals surface area (Å²) in [6.45, 7) is 4.93. The molecule has 0 saturated carbocycles. The molecule has 1 saturated heterocycles. The number of carbonyl (C=O) groups is 1. The van der Waals surface area contributed by atoms with Gasteiger partial charge in [-0.2, -0.15) is 0 Å². The van der Waals surface area contributed by atoms with Gasteiger partial charge in [0.05, 0.1) is 17.2 Å². The molecule has 0 unspecified atom stereocenters. The Morgan fingerprint density at radius 1 is 1.19 bits per heavy atom. The van der Waals surface area contributed by atoms with Gasteiger partial charge in [0.25, 0.3) is 0 Å². The monoisotopic (exact) mass is 371 g/mol. The molecule has 1 aliphatic rings. The molecule has 2 aromatic rings. The second kappa shape index (κ2) is 9.83. The Morgan fingerprint density at radius 3 is 2.58 bits per heavy atom. The maximum atomic E-state index is 12.4. The van der Waals surface area contributed by atoms with Crippen LogP contribution in [0.25, 0.3) is 0 Å². The fraction of sp³-hybridized carbons (Fsp3) is 0.524.